The van der Waals surface area contributed by atoms with E-state index >= 15 is 0 Å². The molecule has 0 bridgehead atoms. The van der Waals surface area contributed by atoms with Gasteiger partial charge >= 0.3 is 18.6 Å². The van der Waals surface area contributed by atoms with Gasteiger partial charge in [-0.05, 0) is 24.3 Å². The van der Waals surface area contributed by atoms with Crippen molar-refractivity contribution >= 4 is 5.97 Å². The van der Waals surface area contributed by atoms with E-state index in [4.69, 9.17) is 8.85 Å². The summed E-state index contributed by atoms with van der Waals surface area (Å²) < 4.78 is 107. The van der Waals surface area contributed by atoms with Crippen molar-refractivity contribution < 1.29 is 59.6 Å². The van der Waals surface area contributed by atoms with E-state index in [9.17, 15) is 31.9 Å². The molecule has 0 aliphatic carbocycles. The summed E-state index contributed by atoms with van der Waals surface area (Å²) in [4.78, 5) is 11.6. The molecule has 0 radical (unpaired) electrons. The highest BCUT2D eigenvalue weighted by Gasteiger charge is 2.46. The van der Waals surface area contributed by atoms with Gasteiger partial charge in [0, 0.05) is 6.07 Å². The molecular weight excluding hydrogens is 399 g/mol. The predicted octanol–water partition coefficient (Wildman–Crippen LogP) is 4.41. The van der Waals surface area contributed by atoms with Crippen molar-refractivity contribution in [3.63, 3.8) is 0 Å². The lowest BCUT2D eigenvalue weighted by Gasteiger charge is -2.15. The van der Waals surface area contributed by atoms with Crippen LogP contribution in [0.2, 0.25) is 0 Å². The molecule has 3 rings (SSSR count). The Bertz CT molecular complexity index is 1020. The van der Waals surface area contributed by atoms with Crippen molar-refractivity contribution in [1.82, 2.24) is 0 Å². The Morgan fingerprint density at radius 3 is 2.50 bits per heavy atom. The van der Waals surface area contributed by atoms with Crippen LogP contribution in [0.4, 0.5) is 22.0 Å². The number of carboxylic acid groups (broad SMARTS) is 1. The van der Waals surface area contributed by atoms with Gasteiger partial charge in [0.1, 0.15) is 17.1 Å². The minimum absolute atomic E-state index is 0.538. The highest BCUT2D eigenvalue weighted by atomic mass is 19.4. The SMILES string of the molecule is [2H]C([2H])([2H])Oc1cc(OC(F)(F)F)ccc1Oc1ccc2c(c1C(=O)O)OC(F)(F)O2. The van der Waals surface area contributed by atoms with Gasteiger partial charge in [-0.3, -0.25) is 0 Å². The average molecular weight is 411 g/mol. The zero-order chi connectivity index (χ0) is 23.2. The number of hydrogen-bond donors (Lipinski definition) is 1. The quantitative estimate of drug-likeness (QED) is 0.730. The number of rotatable bonds is 5. The van der Waals surface area contributed by atoms with Crippen molar-refractivity contribution in [3.05, 3.63) is 35.9 Å². The summed E-state index contributed by atoms with van der Waals surface area (Å²) in [5, 5.41) is 9.38. The zero-order valence-electron chi connectivity index (χ0n) is 16.2. The molecular formula is C16H9F5O7. The topological polar surface area (TPSA) is 83.5 Å². The van der Waals surface area contributed by atoms with E-state index in [0.29, 0.717) is 6.07 Å². The first-order valence-electron chi connectivity index (χ1n) is 8.56. The van der Waals surface area contributed by atoms with E-state index in [2.05, 4.69) is 18.9 Å². The molecule has 0 saturated heterocycles. The minimum Gasteiger partial charge on any atom is -0.493 e. The van der Waals surface area contributed by atoms with Gasteiger partial charge in [-0.1, -0.05) is 0 Å². The number of hydrogen-bond acceptors (Lipinski definition) is 6. The lowest BCUT2D eigenvalue weighted by atomic mass is 10.1. The molecule has 0 atom stereocenters. The van der Waals surface area contributed by atoms with Crippen LogP contribution in [0.25, 0.3) is 0 Å². The van der Waals surface area contributed by atoms with E-state index in [1.807, 2.05) is 0 Å². The Balaban J connectivity index is 2.03. The van der Waals surface area contributed by atoms with Gasteiger partial charge in [-0.2, -0.15) is 0 Å². The maximum atomic E-state index is 13.3. The molecule has 0 saturated carbocycles. The summed E-state index contributed by atoms with van der Waals surface area (Å²) in [6.07, 6.45) is -9.24. The summed E-state index contributed by atoms with van der Waals surface area (Å²) in [7, 11) is -3.14. The maximum Gasteiger partial charge on any atom is 0.586 e. The number of alkyl halides is 5. The lowest BCUT2D eigenvalue weighted by Crippen LogP contribution is -2.26. The molecule has 28 heavy (non-hydrogen) atoms. The fourth-order valence-corrected chi connectivity index (χ4v) is 2.25. The minimum atomic E-state index is -5.10. The van der Waals surface area contributed by atoms with Crippen LogP contribution in [0.3, 0.4) is 0 Å². The normalized spacial score (nSPS) is 16.5. The highest BCUT2D eigenvalue weighted by molar-refractivity contribution is 5.95. The van der Waals surface area contributed by atoms with Crippen molar-refractivity contribution in [1.29, 1.82) is 0 Å². The molecule has 0 unspecified atom stereocenters. The Kier molecular flexibility index (Phi) is 3.69. The van der Waals surface area contributed by atoms with Crippen LogP contribution in [-0.4, -0.2) is 30.8 Å². The molecule has 0 aromatic heterocycles. The fourth-order valence-electron chi connectivity index (χ4n) is 2.25. The van der Waals surface area contributed by atoms with Crippen molar-refractivity contribution in [3.8, 4) is 34.5 Å². The summed E-state index contributed by atoms with van der Waals surface area (Å²) in [5.41, 5.74) is -0.912. The maximum absolute atomic E-state index is 13.3. The van der Waals surface area contributed by atoms with E-state index < -0.39 is 65.7 Å². The van der Waals surface area contributed by atoms with Crippen molar-refractivity contribution in [2.24, 2.45) is 0 Å². The second kappa shape index (κ2) is 6.62. The van der Waals surface area contributed by atoms with Crippen LogP contribution in [0, 0.1) is 0 Å². The third-order valence-corrected chi connectivity index (χ3v) is 3.23. The lowest BCUT2D eigenvalue weighted by molar-refractivity contribution is -0.286. The van der Waals surface area contributed by atoms with Crippen LogP contribution in [0.5, 0.6) is 34.5 Å². The molecule has 150 valence electrons. The highest BCUT2D eigenvalue weighted by Crippen LogP contribution is 2.48. The molecule has 1 aliphatic heterocycles. The molecule has 0 amide bonds. The van der Waals surface area contributed by atoms with E-state index in [-0.39, 0.29) is 0 Å². The zero-order valence-corrected chi connectivity index (χ0v) is 13.2. The van der Waals surface area contributed by atoms with Crippen LogP contribution < -0.4 is 23.7 Å². The number of ether oxygens (including phenoxy) is 5. The molecule has 1 heterocycles. The van der Waals surface area contributed by atoms with Crippen molar-refractivity contribution in [2.45, 2.75) is 12.7 Å². The van der Waals surface area contributed by atoms with Crippen LogP contribution in [0.1, 0.15) is 14.5 Å². The predicted molar refractivity (Wildman–Crippen MR) is 79.4 cm³/mol. The van der Waals surface area contributed by atoms with Gasteiger partial charge in [0.25, 0.3) is 0 Å². The first-order chi connectivity index (χ1) is 14.1. The molecule has 1 N–H and O–H groups in total. The number of aromatic carboxylic acids is 1. The van der Waals surface area contributed by atoms with Crippen LogP contribution in [0.15, 0.2) is 30.3 Å². The monoisotopic (exact) mass is 411 g/mol. The van der Waals surface area contributed by atoms with Gasteiger partial charge in [0.05, 0.1) is 11.2 Å². The number of carbonyl (C=O) groups is 1. The second-order valence-corrected chi connectivity index (χ2v) is 5.10. The summed E-state index contributed by atoms with van der Waals surface area (Å²) >= 11 is 0. The average Bonchev–Trinajstić information content (AvgIpc) is 2.87. The first kappa shape index (κ1) is 15.6. The fraction of sp³-hybridized carbons (Fsp3) is 0.188. The molecule has 0 spiro atoms. The summed E-state index contributed by atoms with van der Waals surface area (Å²) in [5.74, 6) is -6.06. The first-order valence-corrected chi connectivity index (χ1v) is 7.06. The molecule has 1 aliphatic rings. The smallest absolute Gasteiger partial charge is 0.493 e. The van der Waals surface area contributed by atoms with Gasteiger partial charge < -0.3 is 28.8 Å². The van der Waals surface area contributed by atoms with Gasteiger partial charge in [-0.15, -0.1) is 22.0 Å². The second-order valence-electron chi connectivity index (χ2n) is 5.10. The third kappa shape index (κ3) is 3.94. The molecule has 2 aromatic rings. The third-order valence-electron chi connectivity index (χ3n) is 3.23. The number of halogens is 5. The number of fused-ring (bicyclic) bond motifs is 1. The Hall–Kier alpha value is -3.44. The Labute approximate surface area is 157 Å². The number of methoxy groups -OCH3 is 1. The van der Waals surface area contributed by atoms with E-state index in [1.54, 1.807) is 0 Å². The molecule has 12 heteroatoms. The number of carboxylic acids is 1. The van der Waals surface area contributed by atoms with Gasteiger partial charge in [0.15, 0.2) is 23.0 Å². The standard InChI is InChI=1S/C16H9F5O7/c1-24-11-6-7(26-15(17,18)19)2-3-8(11)25-9-4-5-10-13(12(9)14(22)23)28-16(20,21)27-10/h2-6H,1H3,(H,22,23)/i1D3. The van der Waals surface area contributed by atoms with Crippen LogP contribution >= 0.6 is 0 Å². The van der Waals surface area contributed by atoms with E-state index in [1.165, 1.54) is 0 Å². The van der Waals surface area contributed by atoms with Gasteiger partial charge in [0.2, 0.25) is 0 Å². The molecule has 0 fully saturated rings. The summed E-state index contributed by atoms with van der Waals surface area (Å²) in [6, 6.07) is 3.86. The van der Waals surface area contributed by atoms with Gasteiger partial charge in [-0.25, -0.2) is 4.79 Å². The Morgan fingerprint density at radius 1 is 1.14 bits per heavy atom. The summed E-state index contributed by atoms with van der Waals surface area (Å²) in [6.45, 7) is 0. The van der Waals surface area contributed by atoms with E-state index in [0.717, 1.165) is 24.3 Å². The largest absolute Gasteiger partial charge is 0.586 e. The van der Waals surface area contributed by atoms with Crippen LogP contribution in [-0.2, 0) is 0 Å². The molecule has 2 aromatic carbocycles. The molecule has 7 nitrogen and oxygen atoms in total. The number of benzene rings is 2. The Morgan fingerprint density at radius 2 is 1.86 bits per heavy atom. The van der Waals surface area contributed by atoms with Crippen molar-refractivity contribution in [2.75, 3.05) is 7.04 Å².